The molecule has 0 radical (unpaired) electrons. The number of nitrogens with zero attached hydrogens (tertiary/aromatic N) is 5. The zero-order valence-corrected chi connectivity index (χ0v) is 9.41. The fourth-order valence-electron chi connectivity index (χ4n) is 1.57. The third-order valence-corrected chi connectivity index (χ3v) is 3.64. The van der Waals surface area contributed by atoms with Crippen molar-refractivity contribution in [2.75, 3.05) is 6.54 Å². The summed E-state index contributed by atoms with van der Waals surface area (Å²) < 4.78 is 31.3. The molecular weight excluding hydrogens is 252 g/mol. The Balaban J connectivity index is 2.14. The van der Waals surface area contributed by atoms with Gasteiger partial charge in [-0.3, -0.25) is 9.35 Å². The monoisotopic (exact) mass is 262 g/mol. The number of carbonyl (C=O) groups is 1. The molecule has 1 aromatic rings. The largest absolute Gasteiger partial charge is 0.337 e. The Morgan fingerprint density at radius 2 is 2.29 bits per heavy atom. The van der Waals surface area contributed by atoms with Gasteiger partial charge in [0.1, 0.15) is 12.2 Å². The number of carbonyl (C=O) groups excluding carboxylic acids is 1. The maximum absolute atomic E-state index is 11.8. The molecule has 3 N–H and O–H groups in total. The predicted octanol–water partition coefficient (Wildman–Crippen LogP) is -2.59. The fourth-order valence-corrected chi connectivity index (χ4v) is 2.50. The number of hydrogen-bond donors (Lipinski definition) is 2. The first kappa shape index (κ1) is 12.0. The number of hydrogen-bond acceptors (Lipinski definition) is 7. The van der Waals surface area contributed by atoms with Gasteiger partial charge in [0.25, 0.3) is 0 Å². The maximum atomic E-state index is 11.8. The molecule has 1 fully saturated rings. The van der Waals surface area contributed by atoms with Gasteiger partial charge in [-0.05, 0) is 5.21 Å². The van der Waals surface area contributed by atoms with Crippen molar-refractivity contribution in [2.45, 2.75) is 18.6 Å². The zero-order valence-electron chi connectivity index (χ0n) is 8.59. The van der Waals surface area contributed by atoms with Crippen molar-refractivity contribution in [3.63, 3.8) is 0 Å². The highest BCUT2D eigenvalue weighted by atomic mass is 32.2. The van der Waals surface area contributed by atoms with Crippen molar-refractivity contribution >= 4 is 16.1 Å². The molecule has 94 valence electrons. The Hall–Kier alpha value is -1.43. The van der Waals surface area contributed by atoms with Crippen molar-refractivity contribution in [3.05, 3.63) is 6.33 Å². The topological polar surface area (TPSA) is 144 Å². The second-order valence-corrected chi connectivity index (χ2v) is 4.95. The van der Waals surface area contributed by atoms with Gasteiger partial charge in [-0.25, -0.2) is 0 Å². The van der Waals surface area contributed by atoms with Crippen LogP contribution in [0.25, 0.3) is 0 Å². The molecule has 1 aliphatic rings. The van der Waals surface area contributed by atoms with E-state index in [9.17, 15) is 13.2 Å². The predicted molar refractivity (Wildman–Crippen MR) is 52.6 cm³/mol. The Bertz CT molecular complexity index is 527. The van der Waals surface area contributed by atoms with Gasteiger partial charge >= 0.3 is 10.3 Å². The number of tetrazole rings is 1. The molecule has 0 saturated carbocycles. The van der Waals surface area contributed by atoms with E-state index >= 15 is 0 Å². The molecule has 0 spiro atoms. The van der Waals surface area contributed by atoms with Crippen LogP contribution in [0.3, 0.4) is 0 Å². The first-order valence-corrected chi connectivity index (χ1v) is 6.02. The fraction of sp³-hybridized carbons (Fsp3) is 0.667. The molecule has 17 heavy (non-hydrogen) atoms. The van der Waals surface area contributed by atoms with Gasteiger partial charge in [-0.1, -0.05) is 0 Å². The van der Waals surface area contributed by atoms with Crippen LogP contribution in [0, 0.1) is 0 Å². The van der Waals surface area contributed by atoms with Crippen molar-refractivity contribution in [3.8, 4) is 0 Å². The minimum Gasteiger partial charge on any atom is -0.306 e. The van der Waals surface area contributed by atoms with Crippen LogP contribution in [0.5, 0.6) is 0 Å². The zero-order chi connectivity index (χ0) is 12.7. The molecule has 10 nitrogen and oxygen atoms in total. The lowest BCUT2D eigenvalue weighted by atomic mass is 9.94. The van der Waals surface area contributed by atoms with Crippen LogP contribution in [-0.2, 0) is 21.6 Å². The summed E-state index contributed by atoms with van der Waals surface area (Å²) in [5, 5.41) is 10.5. The van der Waals surface area contributed by atoms with Crippen LogP contribution < -0.4 is 5.73 Å². The van der Waals surface area contributed by atoms with E-state index in [4.69, 9.17) is 10.3 Å². The molecule has 0 aromatic carbocycles. The third kappa shape index (κ3) is 2.04. The first-order valence-electron chi connectivity index (χ1n) is 4.62. The van der Waals surface area contributed by atoms with E-state index in [0.29, 0.717) is 4.31 Å². The van der Waals surface area contributed by atoms with Crippen LogP contribution in [0.2, 0.25) is 0 Å². The van der Waals surface area contributed by atoms with Crippen molar-refractivity contribution < 1.29 is 17.8 Å². The van der Waals surface area contributed by atoms with E-state index in [0.717, 1.165) is 11.1 Å². The minimum absolute atomic E-state index is 0.00581. The van der Waals surface area contributed by atoms with Crippen LogP contribution in [0.1, 0.15) is 6.42 Å². The maximum Gasteiger partial charge on any atom is 0.337 e. The number of aromatic nitrogens is 4. The molecular formula is C6H10N6O4S. The standard InChI is InChI=1S/C6H10N6O4S/c7-6(1-2-11(6)17(14,15)16)5(13)3-12-9-4-8-10-12/h4H,1-3,7H2,(H,14,15,16). The molecule has 1 aliphatic heterocycles. The van der Waals surface area contributed by atoms with Gasteiger partial charge in [0.05, 0.1) is 0 Å². The molecule has 2 rings (SSSR count). The van der Waals surface area contributed by atoms with Gasteiger partial charge in [0.2, 0.25) is 0 Å². The molecule has 0 amide bonds. The van der Waals surface area contributed by atoms with Gasteiger partial charge in [-0.15, -0.1) is 10.2 Å². The van der Waals surface area contributed by atoms with E-state index in [1.165, 1.54) is 0 Å². The van der Waals surface area contributed by atoms with Crippen LogP contribution in [0.15, 0.2) is 6.33 Å². The number of nitrogens with two attached hydrogens (primary N) is 1. The molecule has 1 saturated heterocycles. The smallest absolute Gasteiger partial charge is 0.306 e. The van der Waals surface area contributed by atoms with Crippen molar-refractivity contribution in [1.82, 2.24) is 24.5 Å². The average molecular weight is 262 g/mol. The van der Waals surface area contributed by atoms with Crippen molar-refractivity contribution in [1.29, 1.82) is 0 Å². The Labute approximate surface area is 96.3 Å². The Morgan fingerprint density at radius 3 is 2.71 bits per heavy atom. The van der Waals surface area contributed by atoms with E-state index in [2.05, 4.69) is 15.4 Å². The second kappa shape index (κ2) is 3.80. The highest BCUT2D eigenvalue weighted by Crippen LogP contribution is 2.29. The minimum atomic E-state index is -4.48. The summed E-state index contributed by atoms with van der Waals surface area (Å²) in [6.07, 6.45) is 1.28. The quantitative estimate of drug-likeness (QED) is 0.562. The lowest BCUT2D eigenvalue weighted by Gasteiger charge is -2.45. The van der Waals surface area contributed by atoms with Crippen LogP contribution >= 0.6 is 0 Å². The van der Waals surface area contributed by atoms with Crippen molar-refractivity contribution in [2.24, 2.45) is 5.73 Å². The summed E-state index contributed by atoms with van der Waals surface area (Å²) >= 11 is 0. The van der Waals surface area contributed by atoms with E-state index < -0.39 is 21.8 Å². The third-order valence-electron chi connectivity index (χ3n) is 2.58. The lowest BCUT2D eigenvalue weighted by molar-refractivity contribution is -0.135. The van der Waals surface area contributed by atoms with Gasteiger partial charge in [0, 0.05) is 13.0 Å². The normalized spacial score (nSPS) is 25.5. The Kier molecular flexibility index (Phi) is 2.69. The summed E-state index contributed by atoms with van der Waals surface area (Å²) in [5.74, 6) is -0.612. The highest BCUT2D eigenvalue weighted by molar-refractivity contribution is 7.83. The Morgan fingerprint density at radius 1 is 1.59 bits per heavy atom. The molecule has 0 aliphatic carbocycles. The number of ketones is 1. The molecule has 1 atom stereocenters. The second-order valence-electron chi connectivity index (χ2n) is 3.61. The summed E-state index contributed by atoms with van der Waals surface area (Å²) in [4.78, 5) is 12.8. The summed E-state index contributed by atoms with van der Waals surface area (Å²) in [5.41, 5.74) is 3.92. The highest BCUT2D eigenvalue weighted by Gasteiger charge is 2.53. The van der Waals surface area contributed by atoms with E-state index in [1.54, 1.807) is 0 Å². The van der Waals surface area contributed by atoms with Crippen LogP contribution in [-0.4, -0.2) is 55.5 Å². The van der Waals surface area contributed by atoms with Gasteiger partial charge in [-0.2, -0.15) is 17.5 Å². The molecule has 11 heteroatoms. The summed E-state index contributed by atoms with van der Waals surface area (Å²) in [6.45, 7) is -0.297. The average Bonchev–Trinajstić information content (AvgIpc) is 2.64. The van der Waals surface area contributed by atoms with Crippen LogP contribution in [0.4, 0.5) is 0 Å². The lowest BCUT2D eigenvalue weighted by Crippen LogP contribution is -2.72. The summed E-state index contributed by atoms with van der Waals surface area (Å²) in [6, 6.07) is 0. The van der Waals surface area contributed by atoms with E-state index in [-0.39, 0.29) is 19.5 Å². The molecule has 0 bridgehead atoms. The summed E-state index contributed by atoms with van der Waals surface area (Å²) in [7, 11) is -4.48. The SMILES string of the molecule is NC1(C(=O)Cn2ncnn2)CCN1S(=O)(=O)O. The van der Waals surface area contributed by atoms with Gasteiger partial charge in [0.15, 0.2) is 12.1 Å². The van der Waals surface area contributed by atoms with E-state index in [1.807, 2.05) is 0 Å². The molecule has 1 unspecified atom stereocenters. The number of rotatable bonds is 4. The molecule has 2 heterocycles. The first-order chi connectivity index (χ1) is 7.84. The molecule has 1 aromatic heterocycles. The van der Waals surface area contributed by atoms with Gasteiger partial charge < -0.3 is 5.73 Å². The number of Topliss-reactive ketones (excluding diaryl/α,β-unsaturated/α-hetero) is 1.